The maximum absolute atomic E-state index is 13.3. The number of hydrogen-bond acceptors (Lipinski definition) is 4. The lowest BCUT2D eigenvalue weighted by molar-refractivity contribution is 0.0926. The molecule has 0 saturated heterocycles. The Bertz CT molecular complexity index is 1320. The molecule has 0 atom stereocenters. The van der Waals surface area contributed by atoms with Crippen LogP contribution in [0.4, 0.5) is 5.69 Å². The van der Waals surface area contributed by atoms with Crippen molar-refractivity contribution in [2.75, 3.05) is 4.90 Å². The number of carbonyl (C=O) groups is 2. The normalized spacial score (nSPS) is 13.4. The predicted molar refractivity (Wildman–Crippen MR) is 111 cm³/mol. The number of pyridine rings is 1. The predicted octanol–water partition coefficient (Wildman–Crippen LogP) is 4.49. The van der Waals surface area contributed by atoms with E-state index in [2.05, 4.69) is 10.1 Å². The lowest BCUT2D eigenvalue weighted by Crippen LogP contribution is -2.29. The maximum atomic E-state index is 13.3. The van der Waals surface area contributed by atoms with Crippen molar-refractivity contribution in [2.24, 2.45) is 0 Å². The lowest BCUT2D eigenvalue weighted by Gasteiger charge is -2.13. The quantitative estimate of drug-likeness (QED) is 0.463. The molecule has 5 rings (SSSR count). The van der Waals surface area contributed by atoms with E-state index < -0.39 is 5.91 Å². The van der Waals surface area contributed by atoms with E-state index in [-0.39, 0.29) is 11.5 Å². The molecular formula is C22H15ClN4O2. The van der Waals surface area contributed by atoms with Crippen LogP contribution >= 0.6 is 11.6 Å². The molecule has 0 fully saturated rings. The molecule has 4 aromatic rings. The van der Waals surface area contributed by atoms with Gasteiger partial charge in [-0.15, -0.1) is 0 Å². The molecule has 142 valence electrons. The fourth-order valence-electron chi connectivity index (χ4n) is 3.75. The molecule has 0 radical (unpaired) electrons. The van der Waals surface area contributed by atoms with Gasteiger partial charge in [0, 0.05) is 11.2 Å². The zero-order valence-electron chi connectivity index (χ0n) is 15.7. The first-order valence-corrected chi connectivity index (χ1v) is 9.44. The summed E-state index contributed by atoms with van der Waals surface area (Å²) in [6.07, 6.45) is 1.46. The van der Waals surface area contributed by atoms with Crippen molar-refractivity contribution >= 4 is 40.1 Å². The van der Waals surface area contributed by atoms with E-state index in [9.17, 15) is 9.59 Å². The smallest absolute Gasteiger partial charge is 0.267 e. The fraction of sp³-hybridized carbons (Fsp3) is 0.0909. The molecule has 1 aliphatic heterocycles. The second-order valence-corrected chi connectivity index (χ2v) is 7.39. The Morgan fingerprint density at radius 1 is 0.931 bits per heavy atom. The van der Waals surface area contributed by atoms with Crippen molar-refractivity contribution in [3.8, 4) is 5.69 Å². The van der Waals surface area contributed by atoms with Crippen molar-refractivity contribution in [1.82, 2.24) is 14.8 Å². The number of amides is 2. The third-order valence-electron chi connectivity index (χ3n) is 5.15. The summed E-state index contributed by atoms with van der Waals surface area (Å²) < 4.78 is 1.73. The van der Waals surface area contributed by atoms with Gasteiger partial charge in [-0.3, -0.25) is 9.59 Å². The molecule has 0 spiro atoms. The van der Waals surface area contributed by atoms with Gasteiger partial charge in [0.15, 0.2) is 5.65 Å². The number of halogens is 1. The van der Waals surface area contributed by atoms with Crippen molar-refractivity contribution in [2.45, 2.75) is 13.8 Å². The lowest BCUT2D eigenvalue weighted by atomic mass is 10.1. The van der Waals surface area contributed by atoms with Crippen LogP contribution in [0.5, 0.6) is 0 Å². The zero-order chi connectivity index (χ0) is 20.3. The highest BCUT2D eigenvalue weighted by molar-refractivity contribution is 6.37. The number of aromatic nitrogens is 3. The highest BCUT2D eigenvalue weighted by atomic mass is 35.5. The SMILES string of the molecule is Cc1ccccc1-n1nc(C)c2c3c(cnc21)C(=O)N(c1ccc(Cl)cc1)C3=O. The van der Waals surface area contributed by atoms with E-state index in [0.29, 0.717) is 33.0 Å². The first-order valence-electron chi connectivity index (χ1n) is 9.06. The molecule has 0 saturated carbocycles. The number of imide groups is 1. The van der Waals surface area contributed by atoms with Gasteiger partial charge < -0.3 is 0 Å². The van der Waals surface area contributed by atoms with Gasteiger partial charge in [0.05, 0.1) is 33.6 Å². The molecular weight excluding hydrogens is 388 g/mol. The Balaban J connectivity index is 1.73. The largest absolute Gasteiger partial charge is 0.268 e. The Morgan fingerprint density at radius 3 is 2.38 bits per heavy atom. The molecule has 0 aliphatic carbocycles. The molecule has 3 heterocycles. The monoisotopic (exact) mass is 402 g/mol. The molecule has 0 unspecified atom stereocenters. The molecule has 29 heavy (non-hydrogen) atoms. The second-order valence-electron chi connectivity index (χ2n) is 6.95. The molecule has 0 N–H and O–H groups in total. The van der Waals surface area contributed by atoms with E-state index >= 15 is 0 Å². The van der Waals surface area contributed by atoms with Crippen LogP contribution in [0.2, 0.25) is 5.02 Å². The maximum Gasteiger partial charge on any atom is 0.267 e. The number of carbonyl (C=O) groups excluding carboxylic acids is 2. The number of anilines is 1. The molecule has 1 aliphatic rings. The average molecular weight is 403 g/mol. The molecule has 6 nitrogen and oxygen atoms in total. The molecule has 7 heteroatoms. The van der Waals surface area contributed by atoms with Crippen LogP contribution in [0.1, 0.15) is 32.0 Å². The number of para-hydroxylation sites is 1. The number of aryl methyl sites for hydroxylation is 2. The topological polar surface area (TPSA) is 68.1 Å². The summed E-state index contributed by atoms with van der Waals surface area (Å²) >= 11 is 5.94. The van der Waals surface area contributed by atoms with Crippen LogP contribution in [0.25, 0.3) is 16.7 Å². The molecule has 2 aromatic carbocycles. The van der Waals surface area contributed by atoms with Gasteiger partial charge in [0.1, 0.15) is 0 Å². The number of benzene rings is 2. The van der Waals surface area contributed by atoms with Crippen molar-refractivity contribution < 1.29 is 9.59 Å². The van der Waals surface area contributed by atoms with Crippen LogP contribution < -0.4 is 4.90 Å². The Kier molecular flexibility index (Phi) is 3.79. The van der Waals surface area contributed by atoms with E-state index in [4.69, 9.17) is 11.6 Å². The van der Waals surface area contributed by atoms with Crippen LogP contribution in [-0.4, -0.2) is 26.6 Å². The third kappa shape index (κ3) is 2.49. The van der Waals surface area contributed by atoms with Crippen molar-refractivity contribution in [1.29, 1.82) is 0 Å². The molecule has 0 bridgehead atoms. The summed E-state index contributed by atoms with van der Waals surface area (Å²) in [7, 11) is 0. The van der Waals surface area contributed by atoms with Gasteiger partial charge in [-0.25, -0.2) is 14.6 Å². The summed E-state index contributed by atoms with van der Waals surface area (Å²) in [5.41, 5.74) is 4.20. The van der Waals surface area contributed by atoms with Gasteiger partial charge in [0.25, 0.3) is 11.8 Å². The third-order valence-corrected chi connectivity index (χ3v) is 5.40. The van der Waals surface area contributed by atoms with Gasteiger partial charge in [-0.05, 0) is 49.7 Å². The summed E-state index contributed by atoms with van der Waals surface area (Å²) in [6, 6.07) is 14.4. The van der Waals surface area contributed by atoms with Crippen molar-refractivity contribution in [3.05, 3.63) is 82.1 Å². The van der Waals surface area contributed by atoms with E-state index in [0.717, 1.165) is 16.2 Å². The molecule has 2 aromatic heterocycles. The molecule has 2 amide bonds. The highest BCUT2D eigenvalue weighted by Gasteiger charge is 2.40. The Hall–Kier alpha value is -3.51. The standard InChI is InChI=1S/C22H15ClN4O2/c1-12-5-3-4-6-17(12)27-20-18(13(2)25-27)19-16(11-24-20)21(28)26(22(19)29)15-9-7-14(23)8-10-15/h3-11H,1-2H3. The van der Waals surface area contributed by atoms with Crippen LogP contribution in [0.3, 0.4) is 0 Å². The van der Waals surface area contributed by atoms with Crippen LogP contribution in [0.15, 0.2) is 54.7 Å². The number of nitrogens with zero attached hydrogens (tertiary/aromatic N) is 4. The van der Waals surface area contributed by atoms with Gasteiger partial charge in [-0.2, -0.15) is 5.10 Å². The summed E-state index contributed by atoms with van der Waals surface area (Å²) in [5, 5.41) is 5.75. The number of hydrogen-bond donors (Lipinski definition) is 0. The first-order chi connectivity index (χ1) is 14.0. The average Bonchev–Trinajstić information content (AvgIpc) is 3.17. The summed E-state index contributed by atoms with van der Waals surface area (Å²) in [6.45, 7) is 3.81. The van der Waals surface area contributed by atoms with E-state index in [1.54, 1.807) is 28.9 Å². The Morgan fingerprint density at radius 2 is 1.66 bits per heavy atom. The van der Waals surface area contributed by atoms with Crippen LogP contribution in [0, 0.1) is 13.8 Å². The fourth-order valence-corrected chi connectivity index (χ4v) is 3.88. The highest BCUT2D eigenvalue weighted by Crippen LogP contribution is 2.35. The first kappa shape index (κ1) is 17.6. The van der Waals surface area contributed by atoms with Crippen molar-refractivity contribution in [3.63, 3.8) is 0 Å². The van der Waals surface area contributed by atoms with E-state index in [1.807, 2.05) is 38.1 Å². The Labute approximate surface area is 171 Å². The minimum Gasteiger partial charge on any atom is -0.268 e. The van der Waals surface area contributed by atoms with Gasteiger partial charge in [0.2, 0.25) is 0 Å². The summed E-state index contributed by atoms with van der Waals surface area (Å²) in [5.74, 6) is -0.781. The zero-order valence-corrected chi connectivity index (χ0v) is 16.4. The van der Waals surface area contributed by atoms with Gasteiger partial charge in [-0.1, -0.05) is 29.8 Å². The number of rotatable bonds is 2. The minimum atomic E-state index is -0.398. The van der Waals surface area contributed by atoms with Gasteiger partial charge >= 0.3 is 0 Å². The number of fused-ring (bicyclic) bond motifs is 3. The summed E-state index contributed by atoms with van der Waals surface area (Å²) in [4.78, 5) is 31.9. The second kappa shape index (κ2) is 6.25. The minimum absolute atomic E-state index is 0.282. The van der Waals surface area contributed by atoms with Crippen LogP contribution in [-0.2, 0) is 0 Å². The van der Waals surface area contributed by atoms with E-state index in [1.165, 1.54) is 6.20 Å².